The van der Waals surface area contributed by atoms with Crippen molar-refractivity contribution < 1.29 is 9.59 Å². The summed E-state index contributed by atoms with van der Waals surface area (Å²) in [6.45, 7) is 4.37. The molecule has 0 heterocycles. The van der Waals surface area contributed by atoms with Crippen molar-refractivity contribution in [3.05, 3.63) is 0 Å². The van der Waals surface area contributed by atoms with Gasteiger partial charge in [0.25, 0.3) is 0 Å². The molecule has 0 radical (unpaired) electrons. The zero-order valence-electron chi connectivity index (χ0n) is 9.06. The molecule has 0 atom stereocenters. The number of carbonyl (C=O) groups is 2. The van der Waals surface area contributed by atoms with Crippen LogP contribution in [0, 0.1) is 5.41 Å². The van der Waals surface area contributed by atoms with E-state index in [1.54, 1.807) is 0 Å². The highest BCUT2D eigenvalue weighted by molar-refractivity contribution is 5.96. The van der Waals surface area contributed by atoms with Crippen LogP contribution in [-0.4, -0.2) is 18.2 Å². The van der Waals surface area contributed by atoms with E-state index in [4.69, 9.17) is 0 Å². The van der Waals surface area contributed by atoms with Gasteiger partial charge >= 0.3 is 0 Å². The quantitative estimate of drug-likeness (QED) is 0.697. The molecule has 3 nitrogen and oxygen atoms in total. The summed E-state index contributed by atoms with van der Waals surface area (Å²) in [5.74, 6) is -0.204. The van der Waals surface area contributed by atoms with E-state index in [0.29, 0.717) is 0 Å². The molecule has 1 saturated carbocycles. The van der Waals surface area contributed by atoms with Gasteiger partial charge in [-0.2, -0.15) is 0 Å². The molecular weight excluding hydrogens is 178 g/mol. The summed E-state index contributed by atoms with van der Waals surface area (Å²) in [6.07, 6.45) is 4.93. The van der Waals surface area contributed by atoms with Crippen LogP contribution in [0.2, 0.25) is 0 Å². The fraction of sp³-hybridized carbons (Fsp3) is 0.818. The van der Waals surface area contributed by atoms with Crippen LogP contribution in [0.5, 0.6) is 0 Å². The van der Waals surface area contributed by atoms with E-state index in [-0.39, 0.29) is 23.5 Å². The Balaban J connectivity index is 2.25. The summed E-state index contributed by atoms with van der Waals surface area (Å²) in [6, 6.07) is 0. The first kappa shape index (κ1) is 11.2. The average Bonchev–Trinajstić information content (AvgIpc) is 2.49. The number of hydrogen-bond acceptors (Lipinski definition) is 2. The van der Waals surface area contributed by atoms with E-state index < -0.39 is 0 Å². The van der Waals surface area contributed by atoms with E-state index in [9.17, 15) is 9.59 Å². The standard InChI is InChI=1S/C11H19NO2/c1-9(13)7-10(14)12-8-11(2)5-3-4-6-11/h3-8H2,1-2H3,(H,12,14). The minimum atomic E-state index is -0.134. The Labute approximate surface area is 85.3 Å². The summed E-state index contributed by atoms with van der Waals surface area (Å²) in [5, 5.41) is 2.84. The Hall–Kier alpha value is -0.860. The van der Waals surface area contributed by atoms with Gasteiger partial charge in [0, 0.05) is 6.54 Å². The van der Waals surface area contributed by atoms with Gasteiger partial charge in [-0.3, -0.25) is 9.59 Å². The van der Waals surface area contributed by atoms with Crippen LogP contribution < -0.4 is 5.32 Å². The molecule has 0 bridgehead atoms. The van der Waals surface area contributed by atoms with Crippen molar-refractivity contribution in [2.24, 2.45) is 5.41 Å². The third kappa shape index (κ3) is 3.48. The van der Waals surface area contributed by atoms with E-state index in [1.807, 2.05) is 0 Å². The van der Waals surface area contributed by atoms with Crippen molar-refractivity contribution in [2.45, 2.75) is 46.0 Å². The third-order valence-corrected chi connectivity index (χ3v) is 2.93. The van der Waals surface area contributed by atoms with E-state index in [0.717, 1.165) is 6.54 Å². The minimum Gasteiger partial charge on any atom is -0.355 e. The number of hydrogen-bond donors (Lipinski definition) is 1. The molecule has 1 aliphatic carbocycles. The van der Waals surface area contributed by atoms with Gasteiger partial charge in [0.1, 0.15) is 5.78 Å². The molecule has 1 N–H and O–H groups in total. The molecule has 1 fully saturated rings. The molecule has 14 heavy (non-hydrogen) atoms. The normalized spacial score (nSPS) is 19.3. The number of carbonyl (C=O) groups excluding carboxylic acids is 2. The predicted molar refractivity (Wildman–Crippen MR) is 54.9 cm³/mol. The second kappa shape index (κ2) is 4.58. The highest BCUT2D eigenvalue weighted by Gasteiger charge is 2.28. The number of ketones is 1. The van der Waals surface area contributed by atoms with Crippen molar-refractivity contribution >= 4 is 11.7 Å². The van der Waals surface area contributed by atoms with Gasteiger partial charge in [0.2, 0.25) is 5.91 Å². The molecule has 80 valence electrons. The third-order valence-electron chi connectivity index (χ3n) is 2.93. The van der Waals surface area contributed by atoms with Crippen LogP contribution in [0.3, 0.4) is 0 Å². The van der Waals surface area contributed by atoms with Crippen LogP contribution in [-0.2, 0) is 9.59 Å². The molecule has 0 aromatic heterocycles. The highest BCUT2D eigenvalue weighted by atomic mass is 16.2. The number of Topliss-reactive ketones (excluding diaryl/α,β-unsaturated/α-hetero) is 1. The Morgan fingerprint density at radius 1 is 1.29 bits per heavy atom. The summed E-state index contributed by atoms with van der Waals surface area (Å²) < 4.78 is 0. The maximum absolute atomic E-state index is 11.2. The lowest BCUT2D eigenvalue weighted by Crippen LogP contribution is -2.34. The van der Waals surface area contributed by atoms with Gasteiger partial charge in [-0.15, -0.1) is 0 Å². The lowest BCUT2D eigenvalue weighted by atomic mass is 9.89. The van der Waals surface area contributed by atoms with Gasteiger partial charge in [0.05, 0.1) is 6.42 Å². The average molecular weight is 197 g/mol. The van der Waals surface area contributed by atoms with Crippen molar-refractivity contribution in [2.75, 3.05) is 6.54 Å². The van der Waals surface area contributed by atoms with Gasteiger partial charge in [-0.05, 0) is 25.2 Å². The van der Waals surface area contributed by atoms with Crippen LogP contribution >= 0.6 is 0 Å². The molecule has 1 amide bonds. The first-order valence-corrected chi connectivity index (χ1v) is 5.28. The molecule has 0 saturated heterocycles. The molecule has 0 spiro atoms. The highest BCUT2D eigenvalue weighted by Crippen LogP contribution is 2.36. The molecule has 0 unspecified atom stereocenters. The molecule has 0 aromatic rings. The lowest BCUT2D eigenvalue weighted by molar-refractivity contribution is -0.127. The molecular formula is C11H19NO2. The van der Waals surface area contributed by atoms with E-state index in [1.165, 1.54) is 32.6 Å². The number of nitrogens with one attached hydrogen (secondary N) is 1. The number of amides is 1. The van der Waals surface area contributed by atoms with Crippen molar-refractivity contribution in [3.8, 4) is 0 Å². The van der Waals surface area contributed by atoms with Crippen molar-refractivity contribution in [1.82, 2.24) is 5.32 Å². The monoisotopic (exact) mass is 197 g/mol. The van der Waals surface area contributed by atoms with Crippen LogP contribution in [0.1, 0.15) is 46.0 Å². The zero-order valence-corrected chi connectivity index (χ0v) is 9.06. The number of rotatable bonds is 4. The van der Waals surface area contributed by atoms with Crippen LogP contribution in [0.4, 0.5) is 0 Å². The van der Waals surface area contributed by atoms with Crippen LogP contribution in [0.25, 0.3) is 0 Å². The molecule has 3 heteroatoms. The Bertz CT molecular complexity index is 229. The smallest absolute Gasteiger partial charge is 0.227 e. The van der Waals surface area contributed by atoms with Gasteiger partial charge in [-0.25, -0.2) is 0 Å². The van der Waals surface area contributed by atoms with E-state index in [2.05, 4.69) is 12.2 Å². The summed E-state index contributed by atoms with van der Waals surface area (Å²) in [7, 11) is 0. The molecule has 1 rings (SSSR count). The first-order chi connectivity index (χ1) is 6.52. The van der Waals surface area contributed by atoms with Crippen LogP contribution in [0.15, 0.2) is 0 Å². The Morgan fingerprint density at radius 3 is 2.36 bits per heavy atom. The van der Waals surface area contributed by atoms with Gasteiger partial charge in [-0.1, -0.05) is 19.8 Å². The molecule has 0 aliphatic heterocycles. The maximum Gasteiger partial charge on any atom is 0.227 e. The lowest BCUT2D eigenvalue weighted by Gasteiger charge is -2.23. The second-order valence-corrected chi connectivity index (χ2v) is 4.67. The second-order valence-electron chi connectivity index (χ2n) is 4.67. The topological polar surface area (TPSA) is 46.2 Å². The maximum atomic E-state index is 11.2. The van der Waals surface area contributed by atoms with E-state index >= 15 is 0 Å². The summed E-state index contributed by atoms with van der Waals surface area (Å²) >= 11 is 0. The Kier molecular flexibility index (Phi) is 3.67. The van der Waals surface area contributed by atoms with Gasteiger partial charge in [0.15, 0.2) is 0 Å². The van der Waals surface area contributed by atoms with Crippen molar-refractivity contribution in [1.29, 1.82) is 0 Å². The first-order valence-electron chi connectivity index (χ1n) is 5.28. The summed E-state index contributed by atoms with van der Waals surface area (Å²) in [4.78, 5) is 21.9. The predicted octanol–water partition coefficient (Wildman–Crippen LogP) is 1.66. The van der Waals surface area contributed by atoms with Crippen molar-refractivity contribution in [3.63, 3.8) is 0 Å². The Morgan fingerprint density at radius 2 is 1.86 bits per heavy atom. The fourth-order valence-corrected chi connectivity index (χ4v) is 2.01. The SMILES string of the molecule is CC(=O)CC(=O)NCC1(C)CCCC1. The molecule has 1 aliphatic rings. The van der Waals surface area contributed by atoms with Gasteiger partial charge < -0.3 is 5.32 Å². The largest absolute Gasteiger partial charge is 0.355 e. The minimum absolute atomic E-state index is 0.0239. The zero-order chi connectivity index (χ0) is 10.6. The molecule has 0 aromatic carbocycles. The fourth-order valence-electron chi connectivity index (χ4n) is 2.01. The summed E-state index contributed by atoms with van der Waals surface area (Å²) in [5.41, 5.74) is 0.270.